The van der Waals surface area contributed by atoms with Crippen molar-refractivity contribution in [2.24, 2.45) is 52.3 Å². The first-order valence-electron chi connectivity index (χ1n) is 39.5. The number of allylic oxidation sites excluding steroid dienone is 7. The van der Waals surface area contributed by atoms with Gasteiger partial charge in [-0.25, -0.2) is 9.59 Å². The van der Waals surface area contributed by atoms with Gasteiger partial charge in [-0.1, -0.05) is 102 Å². The standard InChI is InChI=1S/C86H120N2O23/c1-17-37-87(38-18-2)47-59-73-78(96)77(95)72-60-34-36-68(84(60,11)46-67(106-56(10)89)74(72)85(73,12)69(48-102-13)110-82(59)99)109-71(92)30-23-22-29-70(91)107-63-35-32-57(43-66(63)104-15)42-52(6)65-45-62(90)51(5)41-54(8)76(94)79(105-16)75(93)53(7)40-49(3)26-20-19-21-27-50(4)64(103-14)44-58-33-31-55(9)86(101,111-58)80(97)81(98)88-39-25-24-28-61(88)83(100)108-65/h17-21,24-27,41,47,49,51-53,55,57-58,60-61,63-69,76,79,94,96,101H,1-2,22-23,28-40,42-46,48H2,3-16H3/b21-19+,26-20+,50-27+,54-41+,59-47+/t49-,51-,52-,53-,55-,57+,58+,60?,61+,63-,64+,65+,66-,67-,68+,69-,76-,79+,84+,85+,86-/m1/s1. The Bertz CT molecular complexity index is 3720. The fourth-order valence-corrected chi connectivity index (χ4v) is 18.1. The number of fused-ring (bicyclic) bond motifs is 7. The van der Waals surface area contributed by atoms with Crippen molar-refractivity contribution in [1.29, 1.82) is 0 Å². The lowest BCUT2D eigenvalue weighted by molar-refractivity contribution is -0.265. The monoisotopic (exact) mass is 1550 g/mol. The van der Waals surface area contributed by atoms with Crippen LogP contribution < -0.4 is 0 Å². The largest absolute Gasteiger partial charge is 0.504 e. The van der Waals surface area contributed by atoms with E-state index in [1.807, 2.05) is 58.1 Å². The molecular weight excluding hydrogens is 1430 g/mol. The number of carbonyl (C=O) groups excluding carboxylic acids is 10. The van der Waals surface area contributed by atoms with E-state index in [-0.39, 0.29) is 105 Å². The van der Waals surface area contributed by atoms with Crippen molar-refractivity contribution in [1.82, 2.24) is 9.80 Å². The Balaban J connectivity index is 0.927. The van der Waals surface area contributed by atoms with Gasteiger partial charge in [0.2, 0.25) is 11.6 Å². The maximum atomic E-state index is 14.9. The van der Waals surface area contributed by atoms with Crippen molar-refractivity contribution in [2.75, 3.05) is 54.7 Å². The maximum Gasteiger partial charge on any atom is 0.340 e. The number of aliphatic hydroxyl groups excluding tert-OH is 2. The summed E-state index contributed by atoms with van der Waals surface area (Å²) in [6, 6.07) is -1.33. The number of esters is 5. The van der Waals surface area contributed by atoms with Crippen molar-refractivity contribution in [3.63, 3.8) is 0 Å². The van der Waals surface area contributed by atoms with Crippen LogP contribution in [0.3, 0.4) is 0 Å². The number of rotatable bonds is 21. The van der Waals surface area contributed by atoms with Crippen molar-refractivity contribution >= 4 is 58.9 Å². The number of Topliss-reactive ketones (excluding diaryl/α,β-unsaturated/α-hetero) is 4. The average molecular weight is 1550 g/mol. The Morgan fingerprint density at radius 2 is 1.49 bits per heavy atom. The third-order valence-electron chi connectivity index (χ3n) is 24.4. The number of hydrogen-bond acceptors (Lipinski definition) is 24. The van der Waals surface area contributed by atoms with Crippen LogP contribution >= 0.6 is 0 Å². The molecule has 4 aliphatic heterocycles. The number of unbranched alkanes of at least 4 members (excludes halogenated alkanes) is 1. The van der Waals surface area contributed by atoms with E-state index < -0.39 is 166 Å². The van der Waals surface area contributed by atoms with Crippen LogP contribution in [0.5, 0.6) is 0 Å². The summed E-state index contributed by atoms with van der Waals surface area (Å²) in [6.07, 6.45) is 14.4. The fraction of sp³-hybridized carbons (Fsp3) is 0.651. The molecule has 3 N–H and O–H groups in total. The van der Waals surface area contributed by atoms with Crippen LogP contribution in [0.4, 0.5) is 0 Å². The fourth-order valence-electron chi connectivity index (χ4n) is 18.1. The van der Waals surface area contributed by atoms with Gasteiger partial charge in [0.1, 0.15) is 54.6 Å². The van der Waals surface area contributed by atoms with Crippen LogP contribution in [-0.4, -0.2) is 212 Å². The number of carbonyl (C=O) groups is 10. The van der Waals surface area contributed by atoms with Crippen LogP contribution in [0.15, 0.2) is 119 Å². The van der Waals surface area contributed by atoms with E-state index in [0.717, 1.165) is 10.5 Å². The molecule has 8 rings (SSSR count). The second-order valence-corrected chi connectivity index (χ2v) is 32.4. The molecule has 4 aliphatic carbocycles. The minimum absolute atomic E-state index is 0.0239. The lowest BCUT2D eigenvalue weighted by Crippen LogP contribution is -2.60. The van der Waals surface area contributed by atoms with Gasteiger partial charge >= 0.3 is 29.8 Å². The van der Waals surface area contributed by atoms with Gasteiger partial charge in [-0.2, -0.15) is 0 Å². The van der Waals surface area contributed by atoms with E-state index in [9.17, 15) is 63.3 Å². The number of nitrogens with zero attached hydrogens (tertiary/aromatic N) is 2. The molecule has 0 aromatic rings. The zero-order chi connectivity index (χ0) is 81.6. The molecule has 8 aliphatic rings. The van der Waals surface area contributed by atoms with Gasteiger partial charge in [-0.05, 0) is 145 Å². The summed E-state index contributed by atoms with van der Waals surface area (Å²) >= 11 is 0. The SMILES string of the molecule is C=CCN(/C=C1/C(=O)O[C@H](COC)[C@@]2(C)C1=C(O)C(=O)C1=C2[C@H](OC(C)=O)C[C@@]2(C)C1CC[C@@H]2OC(=O)CCCCC(=O)O[C@@H]1CC[C@@H](C[C@@H](C)[C@@H]2CC(=O)[C@H](C)/C=C(\C)[C@@H](O)[C@@H](OC)C(=O)[C@H](C)C[C@H](C)/C=C/C=C/C=C(\C)[C@@H](OC)C[C@@H]3CC[C@@H](C)[C@@](O)(O3)C(=O)C(=O)N3CC=CC[C@H]3C(=O)O2)C[C@H]1OC)CC=C. The van der Waals surface area contributed by atoms with Gasteiger partial charge in [-0.15, -0.1) is 13.2 Å². The van der Waals surface area contributed by atoms with E-state index in [1.54, 1.807) is 77.0 Å². The molecule has 1 unspecified atom stereocenters. The molecule has 612 valence electrons. The Labute approximate surface area is 653 Å². The summed E-state index contributed by atoms with van der Waals surface area (Å²) in [6.45, 7) is 25.2. The number of aliphatic hydroxyl groups is 3. The normalized spacial score (nSPS) is 36.5. The quantitative estimate of drug-likeness (QED) is 0.0240. The van der Waals surface area contributed by atoms with Gasteiger partial charge < -0.3 is 72.5 Å². The van der Waals surface area contributed by atoms with Gasteiger partial charge in [0.25, 0.3) is 11.7 Å². The molecule has 2 saturated heterocycles. The molecule has 21 atom stereocenters. The number of methoxy groups -OCH3 is 4. The summed E-state index contributed by atoms with van der Waals surface area (Å²) < 4.78 is 60.2. The van der Waals surface area contributed by atoms with Crippen LogP contribution in [0.2, 0.25) is 0 Å². The minimum atomic E-state index is -2.53. The number of ketones is 4. The summed E-state index contributed by atoms with van der Waals surface area (Å²) in [7, 11) is 5.86. The molecule has 4 heterocycles. The van der Waals surface area contributed by atoms with Crippen molar-refractivity contribution in [3.05, 3.63) is 119 Å². The molecule has 2 bridgehead atoms. The second-order valence-electron chi connectivity index (χ2n) is 32.4. The van der Waals surface area contributed by atoms with Gasteiger partial charge in [0.05, 0.1) is 35.9 Å². The molecule has 25 nitrogen and oxygen atoms in total. The highest BCUT2D eigenvalue weighted by atomic mass is 16.6. The van der Waals surface area contributed by atoms with Crippen LogP contribution in [-0.2, 0) is 95.3 Å². The Morgan fingerprint density at radius 3 is 2.14 bits per heavy atom. The first-order valence-corrected chi connectivity index (χ1v) is 39.5. The van der Waals surface area contributed by atoms with Crippen molar-refractivity contribution in [2.45, 2.75) is 251 Å². The smallest absolute Gasteiger partial charge is 0.340 e. The van der Waals surface area contributed by atoms with Crippen molar-refractivity contribution < 1.29 is 111 Å². The van der Waals surface area contributed by atoms with Crippen LogP contribution in [0.25, 0.3) is 0 Å². The Hall–Kier alpha value is -7.78. The van der Waals surface area contributed by atoms with Gasteiger partial charge in [0.15, 0.2) is 11.5 Å². The van der Waals surface area contributed by atoms with E-state index in [4.69, 9.17) is 47.4 Å². The van der Waals surface area contributed by atoms with Gasteiger partial charge in [-0.3, -0.25) is 38.4 Å². The molecule has 1 amide bonds. The highest BCUT2D eigenvalue weighted by molar-refractivity contribution is 6.39. The van der Waals surface area contributed by atoms with E-state index in [2.05, 4.69) is 13.2 Å². The predicted octanol–water partition coefficient (Wildman–Crippen LogP) is 10.6. The minimum Gasteiger partial charge on any atom is -0.504 e. The molecule has 25 heteroatoms. The molecule has 0 aromatic heterocycles. The summed E-state index contributed by atoms with van der Waals surface area (Å²) in [4.78, 5) is 145. The maximum absolute atomic E-state index is 14.9. The molecule has 2 saturated carbocycles. The van der Waals surface area contributed by atoms with Crippen LogP contribution in [0.1, 0.15) is 178 Å². The average Bonchev–Trinajstić information content (AvgIpc) is 1.61. The molecule has 0 radical (unpaired) electrons. The van der Waals surface area contributed by atoms with E-state index in [1.165, 1.54) is 34.5 Å². The first-order chi connectivity index (χ1) is 52.6. The zero-order valence-electron chi connectivity index (χ0n) is 67.4. The van der Waals surface area contributed by atoms with E-state index >= 15 is 0 Å². The highest BCUT2D eigenvalue weighted by Gasteiger charge is 2.65. The molecule has 4 fully saturated rings. The van der Waals surface area contributed by atoms with E-state index in [0.29, 0.717) is 82.0 Å². The lowest BCUT2D eigenvalue weighted by atomic mass is 9.53. The third-order valence-corrected chi connectivity index (χ3v) is 24.4. The number of ether oxygens (including phenoxy) is 10. The first kappa shape index (κ1) is 88.8. The number of amides is 1. The summed E-state index contributed by atoms with van der Waals surface area (Å²) in [5.74, 6) is -13.7. The van der Waals surface area contributed by atoms with Crippen molar-refractivity contribution in [3.8, 4) is 0 Å². The topological polar surface area (TPSA) is 330 Å². The molecule has 0 spiro atoms. The van der Waals surface area contributed by atoms with Gasteiger partial charge in [0, 0.05) is 121 Å². The molecule has 0 aromatic carbocycles. The summed E-state index contributed by atoms with van der Waals surface area (Å²) in [5.41, 5.74) is -0.670. The molecule has 111 heavy (non-hydrogen) atoms. The number of hydrogen-bond donors (Lipinski definition) is 3. The second kappa shape index (κ2) is 39.3. The lowest BCUT2D eigenvalue weighted by Gasteiger charge is -2.54. The third kappa shape index (κ3) is 20.4. The Kier molecular flexibility index (Phi) is 31.4. The predicted molar refractivity (Wildman–Crippen MR) is 410 cm³/mol. The highest BCUT2D eigenvalue weighted by Crippen LogP contribution is 2.64. The summed E-state index contributed by atoms with van der Waals surface area (Å²) in [5, 5.41) is 36.0. The number of cyclic esters (lactones) is 2. The Morgan fingerprint density at radius 1 is 0.793 bits per heavy atom. The zero-order valence-corrected chi connectivity index (χ0v) is 67.4. The molecular formula is C86H120N2O23. The van der Waals surface area contributed by atoms with Crippen LogP contribution in [0, 0.1) is 52.3 Å².